The number of nitrogens with zero attached hydrogens (tertiary/aromatic N) is 1. The molecule has 5 heteroatoms. The summed E-state index contributed by atoms with van der Waals surface area (Å²) in [6.45, 7) is 4.94. The summed E-state index contributed by atoms with van der Waals surface area (Å²) in [6.07, 6.45) is 2.39. The fraction of sp³-hybridized carbons (Fsp3) is 0.647. The number of likely N-dealkylation sites (tertiary alicyclic amines) is 1. The van der Waals surface area contributed by atoms with Gasteiger partial charge in [0.15, 0.2) is 11.5 Å². The zero-order valence-corrected chi connectivity index (χ0v) is 14.1. The lowest BCUT2D eigenvalue weighted by Crippen LogP contribution is -2.45. The largest absolute Gasteiger partial charge is 0.493 e. The summed E-state index contributed by atoms with van der Waals surface area (Å²) in [5.41, 5.74) is 7.11. The van der Waals surface area contributed by atoms with Crippen LogP contribution in [-0.4, -0.2) is 45.4 Å². The first-order valence-electron chi connectivity index (χ1n) is 7.85. The molecule has 1 aliphatic rings. The summed E-state index contributed by atoms with van der Waals surface area (Å²) in [4.78, 5) is 2.46. The predicted octanol–water partition coefficient (Wildman–Crippen LogP) is 2.27. The number of hydrogen-bond acceptors (Lipinski definition) is 5. The fourth-order valence-corrected chi connectivity index (χ4v) is 3.21. The highest BCUT2D eigenvalue weighted by molar-refractivity contribution is 5.53. The van der Waals surface area contributed by atoms with Gasteiger partial charge in [-0.15, -0.1) is 0 Å². The van der Waals surface area contributed by atoms with Crippen molar-refractivity contribution in [2.45, 2.75) is 32.4 Å². The number of piperidine rings is 1. The molecule has 0 bridgehead atoms. The van der Waals surface area contributed by atoms with E-state index in [0.29, 0.717) is 29.8 Å². The van der Waals surface area contributed by atoms with Gasteiger partial charge in [0.2, 0.25) is 5.75 Å². The number of nitrogens with two attached hydrogens (primary N) is 1. The minimum absolute atomic E-state index is 0.447. The molecule has 1 fully saturated rings. The van der Waals surface area contributed by atoms with Crippen molar-refractivity contribution in [3.63, 3.8) is 0 Å². The van der Waals surface area contributed by atoms with E-state index in [1.54, 1.807) is 21.3 Å². The Balaban J connectivity index is 2.21. The number of ether oxygens (including phenoxy) is 3. The molecule has 1 aromatic rings. The highest BCUT2D eigenvalue weighted by atomic mass is 16.5. The molecule has 0 radical (unpaired) electrons. The van der Waals surface area contributed by atoms with Gasteiger partial charge in [-0.3, -0.25) is 4.90 Å². The zero-order chi connectivity index (χ0) is 16.1. The highest BCUT2D eigenvalue weighted by Crippen LogP contribution is 2.38. The van der Waals surface area contributed by atoms with Crippen molar-refractivity contribution < 1.29 is 14.2 Å². The molecule has 0 aliphatic carbocycles. The summed E-state index contributed by atoms with van der Waals surface area (Å²) < 4.78 is 16.2. The molecule has 1 aliphatic heterocycles. The molecule has 0 spiro atoms. The Morgan fingerprint density at radius 2 is 1.77 bits per heavy atom. The van der Waals surface area contributed by atoms with Crippen molar-refractivity contribution in [2.24, 2.45) is 11.7 Å². The number of methoxy groups -OCH3 is 3. The van der Waals surface area contributed by atoms with Gasteiger partial charge in [-0.2, -0.15) is 0 Å². The summed E-state index contributed by atoms with van der Waals surface area (Å²) in [7, 11) is 4.91. The van der Waals surface area contributed by atoms with E-state index >= 15 is 0 Å². The maximum atomic E-state index is 5.96. The van der Waals surface area contributed by atoms with Crippen LogP contribution in [0.2, 0.25) is 0 Å². The van der Waals surface area contributed by atoms with Crippen LogP contribution >= 0.6 is 0 Å². The van der Waals surface area contributed by atoms with Crippen LogP contribution in [0.25, 0.3) is 0 Å². The molecule has 1 heterocycles. The van der Waals surface area contributed by atoms with E-state index in [2.05, 4.69) is 11.8 Å². The summed E-state index contributed by atoms with van der Waals surface area (Å²) in [5.74, 6) is 2.79. The van der Waals surface area contributed by atoms with Gasteiger partial charge < -0.3 is 19.9 Å². The normalized spacial score (nSPS) is 22.4. The Labute approximate surface area is 133 Å². The van der Waals surface area contributed by atoms with Crippen LogP contribution in [0.1, 0.15) is 25.3 Å². The van der Waals surface area contributed by atoms with E-state index in [1.807, 2.05) is 12.1 Å². The first-order chi connectivity index (χ1) is 10.6. The van der Waals surface area contributed by atoms with E-state index in [1.165, 1.54) is 12.8 Å². The minimum Gasteiger partial charge on any atom is -0.493 e. The zero-order valence-electron chi connectivity index (χ0n) is 14.1. The lowest BCUT2D eigenvalue weighted by atomic mass is 9.92. The van der Waals surface area contributed by atoms with E-state index in [-0.39, 0.29) is 0 Å². The van der Waals surface area contributed by atoms with Gasteiger partial charge >= 0.3 is 0 Å². The summed E-state index contributed by atoms with van der Waals surface area (Å²) in [5, 5.41) is 0. The Hall–Kier alpha value is -1.46. The van der Waals surface area contributed by atoms with E-state index in [9.17, 15) is 0 Å². The minimum atomic E-state index is 0.447. The lowest BCUT2D eigenvalue weighted by molar-refractivity contribution is 0.115. The van der Waals surface area contributed by atoms with Gasteiger partial charge in [-0.05, 0) is 43.0 Å². The van der Waals surface area contributed by atoms with Crippen LogP contribution in [0.3, 0.4) is 0 Å². The third-order valence-electron chi connectivity index (χ3n) is 4.48. The quantitative estimate of drug-likeness (QED) is 0.873. The Kier molecular flexibility index (Phi) is 5.91. The Morgan fingerprint density at radius 3 is 2.27 bits per heavy atom. The SMILES string of the molecule is COc1cc(CN2CCC(C)CC2CN)cc(OC)c1OC. The first-order valence-corrected chi connectivity index (χ1v) is 7.85. The van der Waals surface area contributed by atoms with Gasteiger partial charge in [0.05, 0.1) is 21.3 Å². The van der Waals surface area contributed by atoms with Crippen molar-refractivity contribution in [3.05, 3.63) is 17.7 Å². The van der Waals surface area contributed by atoms with E-state index in [0.717, 1.165) is 24.6 Å². The number of benzene rings is 1. The molecule has 0 aromatic heterocycles. The van der Waals surface area contributed by atoms with Crippen molar-refractivity contribution in [2.75, 3.05) is 34.4 Å². The van der Waals surface area contributed by atoms with Crippen LogP contribution in [0.15, 0.2) is 12.1 Å². The molecule has 0 amide bonds. The summed E-state index contributed by atoms with van der Waals surface area (Å²) >= 11 is 0. The van der Waals surface area contributed by atoms with Gasteiger partial charge in [0.1, 0.15) is 0 Å². The second kappa shape index (κ2) is 7.70. The van der Waals surface area contributed by atoms with E-state index in [4.69, 9.17) is 19.9 Å². The maximum absolute atomic E-state index is 5.96. The van der Waals surface area contributed by atoms with Crippen molar-refractivity contribution in [1.82, 2.24) is 4.90 Å². The van der Waals surface area contributed by atoms with Crippen molar-refractivity contribution >= 4 is 0 Å². The smallest absolute Gasteiger partial charge is 0.203 e. The average Bonchev–Trinajstić information content (AvgIpc) is 2.55. The monoisotopic (exact) mass is 308 g/mol. The van der Waals surface area contributed by atoms with Crippen LogP contribution in [0.4, 0.5) is 0 Å². The number of rotatable bonds is 6. The molecule has 5 nitrogen and oxygen atoms in total. The van der Waals surface area contributed by atoms with Crippen LogP contribution in [0, 0.1) is 5.92 Å². The Bertz CT molecular complexity index is 468. The molecule has 1 saturated heterocycles. The second-order valence-corrected chi connectivity index (χ2v) is 6.02. The van der Waals surface area contributed by atoms with Gasteiger partial charge in [-0.25, -0.2) is 0 Å². The molecule has 2 rings (SSSR count). The van der Waals surface area contributed by atoms with E-state index < -0.39 is 0 Å². The summed E-state index contributed by atoms with van der Waals surface area (Å²) in [6, 6.07) is 4.49. The predicted molar refractivity (Wildman–Crippen MR) is 87.7 cm³/mol. The molecule has 0 saturated carbocycles. The van der Waals surface area contributed by atoms with Gasteiger partial charge in [0, 0.05) is 19.1 Å². The highest BCUT2D eigenvalue weighted by Gasteiger charge is 2.26. The lowest BCUT2D eigenvalue weighted by Gasteiger charge is -2.38. The standard InChI is InChI=1S/C17H28N2O3/c1-12-5-6-19(14(7-12)10-18)11-13-8-15(20-2)17(22-4)16(9-13)21-3/h8-9,12,14H,5-7,10-11,18H2,1-4H3. The molecular formula is C17H28N2O3. The third kappa shape index (κ3) is 3.65. The van der Waals surface area contributed by atoms with Crippen molar-refractivity contribution in [3.8, 4) is 17.2 Å². The molecule has 2 atom stereocenters. The first kappa shape index (κ1) is 16.9. The fourth-order valence-electron chi connectivity index (χ4n) is 3.21. The topological polar surface area (TPSA) is 57.0 Å². The van der Waals surface area contributed by atoms with Gasteiger partial charge in [0.25, 0.3) is 0 Å². The molecular weight excluding hydrogens is 280 g/mol. The van der Waals surface area contributed by atoms with Crippen molar-refractivity contribution in [1.29, 1.82) is 0 Å². The Morgan fingerprint density at radius 1 is 1.14 bits per heavy atom. The molecule has 22 heavy (non-hydrogen) atoms. The second-order valence-electron chi connectivity index (χ2n) is 6.02. The molecule has 2 unspecified atom stereocenters. The molecule has 124 valence electrons. The molecule has 1 aromatic carbocycles. The molecule has 2 N–H and O–H groups in total. The van der Waals surface area contributed by atoms with Crippen LogP contribution in [-0.2, 0) is 6.54 Å². The van der Waals surface area contributed by atoms with Crippen LogP contribution in [0.5, 0.6) is 17.2 Å². The average molecular weight is 308 g/mol. The third-order valence-corrected chi connectivity index (χ3v) is 4.48. The number of hydrogen-bond donors (Lipinski definition) is 1. The van der Waals surface area contributed by atoms with Crippen LogP contribution < -0.4 is 19.9 Å². The maximum Gasteiger partial charge on any atom is 0.203 e. The van der Waals surface area contributed by atoms with Gasteiger partial charge in [-0.1, -0.05) is 6.92 Å².